The molecule has 0 radical (unpaired) electrons. The summed E-state index contributed by atoms with van der Waals surface area (Å²) in [6.07, 6.45) is 0. The van der Waals surface area contributed by atoms with Crippen LogP contribution < -0.4 is 9.47 Å². The van der Waals surface area contributed by atoms with Gasteiger partial charge in [-0.15, -0.1) is 0 Å². The van der Waals surface area contributed by atoms with Crippen molar-refractivity contribution >= 4 is 17.5 Å². The van der Waals surface area contributed by atoms with Crippen LogP contribution in [-0.2, 0) is 6.54 Å². The van der Waals surface area contributed by atoms with Gasteiger partial charge in [0, 0.05) is 32.7 Å². The van der Waals surface area contributed by atoms with Gasteiger partial charge >= 0.3 is 0 Å². The number of benzene rings is 2. The Labute approximate surface area is 163 Å². The molecular weight excluding hydrogens is 371 g/mol. The summed E-state index contributed by atoms with van der Waals surface area (Å²) in [5, 5.41) is 0.146. The topological polar surface area (TPSA) is 42.0 Å². The van der Waals surface area contributed by atoms with E-state index in [0.717, 1.165) is 25.2 Å². The number of hydrogen-bond acceptors (Lipinski definition) is 4. The summed E-state index contributed by atoms with van der Waals surface area (Å²) >= 11 is 6.01. The van der Waals surface area contributed by atoms with Crippen LogP contribution in [0.2, 0.25) is 5.02 Å². The number of carbonyl (C=O) groups is 1. The number of carbonyl (C=O) groups excluding carboxylic acids is 1. The van der Waals surface area contributed by atoms with E-state index in [2.05, 4.69) is 4.90 Å². The lowest BCUT2D eigenvalue weighted by molar-refractivity contribution is 0.0628. The average molecular weight is 393 g/mol. The highest BCUT2D eigenvalue weighted by Crippen LogP contribution is 2.28. The number of hydrogen-bond donors (Lipinski definition) is 0. The van der Waals surface area contributed by atoms with Crippen LogP contribution in [0.15, 0.2) is 36.4 Å². The fourth-order valence-corrected chi connectivity index (χ4v) is 3.43. The third-order valence-corrected chi connectivity index (χ3v) is 4.99. The molecule has 0 saturated carbocycles. The zero-order valence-electron chi connectivity index (χ0n) is 15.4. The van der Waals surface area contributed by atoms with E-state index in [9.17, 15) is 9.18 Å². The van der Waals surface area contributed by atoms with E-state index in [1.165, 1.54) is 18.2 Å². The van der Waals surface area contributed by atoms with Gasteiger partial charge in [0.05, 0.1) is 24.8 Å². The SMILES string of the molecule is COc1ccc(CN2CCN(C(=O)c3ccc(F)cc3Cl)CC2)cc1OC. The second-order valence-corrected chi connectivity index (χ2v) is 6.79. The number of halogens is 2. The average Bonchev–Trinajstić information content (AvgIpc) is 2.68. The molecule has 0 N–H and O–H groups in total. The van der Waals surface area contributed by atoms with Crippen LogP contribution in [0.3, 0.4) is 0 Å². The molecule has 0 bridgehead atoms. The third-order valence-electron chi connectivity index (χ3n) is 4.68. The first kappa shape index (κ1) is 19.5. The molecule has 1 amide bonds. The van der Waals surface area contributed by atoms with E-state index >= 15 is 0 Å². The minimum Gasteiger partial charge on any atom is -0.493 e. The van der Waals surface area contributed by atoms with Crippen molar-refractivity contribution in [3.8, 4) is 11.5 Å². The maximum absolute atomic E-state index is 13.2. The number of rotatable bonds is 5. The number of piperazine rings is 1. The van der Waals surface area contributed by atoms with Crippen molar-refractivity contribution in [2.45, 2.75) is 6.54 Å². The Kier molecular flexibility index (Phi) is 6.19. The van der Waals surface area contributed by atoms with Crippen LogP contribution >= 0.6 is 11.6 Å². The molecule has 1 fully saturated rings. The molecule has 7 heteroatoms. The van der Waals surface area contributed by atoms with Gasteiger partial charge in [0.2, 0.25) is 0 Å². The van der Waals surface area contributed by atoms with Gasteiger partial charge in [-0.05, 0) is 35.9 Å². The molecule has 2 aromatic rings. The number of amides is 1. The Morgan fingerprint density at radius 2 is 1.74 bits per heavy atom. The highest BCUT2D eigenvalue weighted by molar-refractivity contribution is 6.33. The molecule has 1 heterocycles. The highest BCUT2D eigenvalue weighted by atomic mass is 35.5. The molecule has 1 aliphatic rings. The van der Waals surface area contributed by atoms with E-state index in [0.29, 0.717) is 30.2 Å². The minimum atomic E-state index is -0.448. The summed E-state index contributed by atoms with van der Waals surface area (Å²) < 4.78 is 23.8. The monoisotopic (exact) mass is 392 g/mol. The smallest absolute Gasteiger partial charge is 0.255 e. The van der Waals surface area contributed by atoms with Crippen molar-refractivity contribution in [1.29, 1.82) is 0 Å². The molecule has 0 aromatic heterocycles. The van der Waals surface area contributed by atoms with E-state index in [-0.39, 0.29) is 10.9 Å². The zero-order chi connectivity index (χ0) is 19.4. The lowest BCUT2D eigenvalue weighted by Crippen LogP contribution is -2.48. The summed E-state index contributed by atoms with van der Waals surface area (Å²) in [6, 6.07) is 9.74. The van der Waals surface area contributed by atoms with Gasteiger partial charge in [-0.25, -0.2) is 4.39 Å². The molecular formula is C20H22ClFN2O3. The first-order chi connectivity index (χ1) is 13.0. The van der Waals surface area contributed by atoms with Gasteiger partial charge in [-0.3, -0.25) is 9.69 Å². The van der Waals surface area contributed by atoms with Crippen LogP contribution in [0.1, 0.15) is 15.9 Å². The van der Waals surface area contributed by atoms with E-state index < -0.39 is 5.82 Å². The van der Waals surface area contributed by atoms with Crippen molar-refractivity contribution in [2.75, 3.05) is 40.4 Å². The van der Waals surface area contributed by atoms with Crippen LogP contribution in [0.5, 0.6) is 11.5 Å². The first-order valence-electron chi connectivity index (χ1n) is 8.69. The Bertz CT molecular complexity index is 823. The fourth-order valence-electron chi connectivity index (χ4n) is 3.18. The predicted octanol–water partition coefficient (Wildman–Crippen LogP) is 3.45. The third kappa shape index (κ3) is 4.51. The Morgan fingerprint density at radius 1 is 1.04 bits per heavy atom. The summed E-state index contributed by atoms with van der Waals surface area (Å²) in [5.41, 5.74) is 1.46. The molecule has 144 valence electrons. The van der Waals surface area contributed by atoms with E-state index in [1.807, 2.05) is 18.2 Å². The number of methoxy groups -OCH3 is 2. The highest BCUT2D eigenvalue weighted by Gasteiger charge is 2.24. The van der Waals surface area contributed by atoms with Gasteiger partial charge in [-0.2, -0.15) is 0 Å². The van der Waals surface area contributed by atoms with Gasteiger partial charge in [0.25, 0.3) is 5.91 Å². The lowest BCUT2D eigenvalue weighted by atomic mass is 10.1. The van der Waals surface area contributed by atoms with Gasteiger partial charge in [-0.1, -0.05) is 17.7 Å². The van der Waals surface area contributed by atoms with Crippen LogP contribution in [0.25, 0.3) is 0 Å². The second-order valence-electron chi connectivity index (χ2n) is 6.38. The maximum Gasteiger partial charge on any atom is 0.255 e. The normalized spacial score (nSPS) is 14.9. The Hall–Kier alpha value is -2.31. The number of ether oxygens (including phenoxy) is 2. The molecule has 3 rings (SSSR count). The van der Waals surface area contributed by atoms with Crippen molar-refractivity contribution in [3.05, 3.63) is 58.4 Å². The largest absolute Gasteiger partial charge is 0.493 e. The Morgan fingerprint density at radius 3 is 2.37 bits per heavy atom. The maximum atomic E-state index is 13.2. The first-order valence-corrected chi connectivity index (χ1v) is 9.07. The van der Waals surface area contributed by atoms with Crippen molar-refractivity contribution in [2.24, 2.45) is 0 Å². The van der Waals surface area contributed by atoms with Crippen LogP contribution in [-0.4, -0.2) is 56.1 Å². The minimum absolute atomic E-state index is 0.146. The standard InChI is InChI=1S/C20H22ClFN2O3/c1-26-18-6-3-14(11-19(18)27-2)13-23-7-9-24(10-8-23)20(25)16-5-4-15(22)12-17(16)21/h3-6,11-12H,7-10,13H2,1-2H3. The van der Waals surface area contributed by atoms with Gasteiger partial charge in [0.1, 0.15) is 5.82 Å². The predicted molar refractivity (Wildman–Crippen MR) is 102 cm³/mol. The van der Waals surface area contributed by atoms with Crippen molar-refractivity contribution < 1.29 is 18.7 Å². The molecule has 0 atom stereocenters. The molecule has 0 aliphatic carbocycles. The fraction of sp³-hybridized carbons (Fsp3) is 0.350. The van der Waals surface area contributed by atoms with Crippen molar-refractivity contribution in [3.63, 3.8) is 0 Å². The molecule has 2 aromatic carbocycles. The quantitative estimate of drug-likeness (QED) is 0.781. The molecule has 1 aliphatic heterocycles. The second kappa shape index (κ2) is 8.59. The summed E-state index contributed by atoms with van der Waals surface area (Å²) in [4.78, 5) is 16.7. The summed E-state index contributed by atoms with van der Waals surface area (Å²) in [6.45, 7) is 3.46. The van der Waals surface area contributed by atoms with E-state index in [4.69, 9.17) is 21.1 Å². The molecule has 0 spiro atoms. The Balaban J connectivity index is 1.59. The molecule has 27 heavy (non-hydrogen) atoms. The molecule has 0 unspecified atom stereocenters. The van der Waals surface area contributed by atoms with E-state index in [1.54, 1.807) is 19.1 Å². The lowest BCUT2D eigenvalue weighted by Gasteiger charge is -2.35. The van der Waals surface area contributed by atoms with Gasteiger partial charge < -0.3 is 14.4 Å². The van der Waals surface area contributed by atoms with Crippen LogP contribution in [0, 0.1) is 5.82 Å². The van der Waals surface area contributed by atoms with Crippen LogP contribution in [0.4, 0.5) is 4.39 Å². The van der Waals surface area contributed by atoms with Crippen molar-refractivity contribution in [1.82, 2.24) is 9.80 Å². The van der Waals surface area contributed by atoms with Gasteiger partial charge in [0.15, 0.2) is 11.5 Å². The molecule has 5 nitrogen and oxygen atoms in total. The zero-order valence-corrected chi connectivity index (χ0v) is 16.1. The molecule has 1 saturated heterocycles. The number of nitrogens with zero attached hydrogens (tertiary/aromatic N) is 2. The summed E-state index contributed by atoms with van der Waals surface area (Å²) in [5.74, 6) is 0.796. The summed E-state index contributed by atoms with van der Waals surface area (Å²) in [7, 11) is 3.23.